The molecule has 2 aromatic rings. The number of aryl methyl sites for hydroxylation is 1. The number of halogens is 1. The number of nitrogens with one attached hydrogen (secondary N) is 2. The largest absolute Gasteiger partial charge is 0.356 e. The molecule has 23 heavy (non-hydrogen) atoms. The van der Waals surface area contributed by atoms with Crippen molar-refractivity contribution in [3.63, 3.8) is 0 Å². The van der Waals surface area contributed by atoms with Crippen LogP contribution in [0, 0.1) is 6.92 Å². The van der Waals surface area contributed by atoms with Crippen LogP contribution in [0.3, 0.4) is 0 Å². The van der Waals surface area contributed by atoms with Gasteiger partial charge in [-0.05, 0) is 24.5 Å². The maximum absolute atomic E-state index is 4.25. The van der Waals surface area contributed by atoms with Crippen LogP contribution in [-0.4, -0.2) is 35.9 Å². The highest BCUT2D eigenvalue weighted by Crippen LogP contribution is 2.15. The van der Waals surface area contributed by atoms with E-state index in [-0.39, 0.29) is 24.0 Å². The first-order valence-electron chi connectivity index (χ1n) is 7.67. The second-order valence-corrected chi connectivity index (χ2v) is 5.46. The average Bonchev–Trinajstić information content (AvgIpc) is 3.03. The van der Waals surface area contributed by atoms with Crippen LogP contribution in [0.15, 0.2) is 47.7 Å². The Balaban J connectivity index is 0.00000264. The first-order chi connectivity index (χ1) is 10.7. The lowest BCUT2D eigenvalue weighted by molar-refractivity contribution is 0.595. The molecule has 2 rings (SSSR count). The lowest BCUT2D eigenvalue weighted by Crippen LogP contribution is -2.40. The molecule has 0 saturated heterocycles. The van der Waals surface area contributed by atoms with Crippen molar-refractivity contribution in [3.05, 3.63) is 53.9 Å². The number of benzene rings is 1. The molecule has 5 nitrogen and oxygen atoms in total. The Morgan fingerprint density at radius 2 is 2.13 bits per heavy atom. The molecule has 0 aliphatic heterocycles. The van der Waals surface area contributed by atoms with Gasteiger partial charge in [-0.3, -0.25) is 9.67 Å². The van der Waals surface area contributed by atoms with E-state index in [1.54, 1.807) is 13.2 Å². The molecule has 0 bridgehead atoms. The van der Waals surface area contributed by atoms with Crippen molar-refractivity contribution < 1.29 is 0 Å². The Morgan fingerprint density at radius 3 is 2.78 bits per heavy atom. The van der Waals surface area contributed by atoms with Crippen molar-refractivity contribution in [1.82, 2.24) is 20.4 Å². The van der Waals surface area contributed by atoms with Gasteiger partial charge in [0.15, 0.2) is 5.96 Å². The highest BCUT2D eigenvalue weighted by atomic mass is 127. The SMILES string of the molecule is CN=C(NCCn1cccn1)NCC(C)c1cccc(C)c1.I. The zero-order chi connectivity index (χ0) is 15.8. The third kappa shape index (κ3) is 6.60. The fraction of sp³-hybridized carbons (Fsp3) is 0.412. The summed E-state index contributed by atoms with van der Waals surface area (Å²) in [6.07, 6.45) is 3.74. The molecule has 0 spiro atoms. The fourth-order valence-corrected chi connectivity index (χ4v) is 2.29. The average molecular weight is 427 g/mol. The van der Waals surface area contributed by atoms with Gasteiger partial charge < -0.3 is 10.6 Å². The van der Waals surface area contributed by atoms with Gasteiger partial charge in [-0.15, -0.1) is 24.0 Å². The van der Waals surface area contributed by atoms with Crippen molar-refractivity contribution in [2.75, 3.05) is 20.1 Å². The summed E-state index contributed by atoms with van der Waals surface area (Å²) in [4.78, 5) is 4.25. The van der Waals surface area contributed by atoms with Gasteiger partial charge in [-0.1, -0.05) is 36.8 Å². The summed E-state index contributed by atoms with van der Waals surface area (Å²) in [5, 5.41) is 10.9. The summed E-state index contributed by atoms with van der Waals surface area (Å²) in [5.74, 6) is 1.26. The molecule has 126 valence electrons. The van der Waals surface area contributed by atoms with E-state index < -0.39 is 0 Å². The van der Waals surface area contributed by atoms with Crippen molar-refractivity contribution in [2.24, 2.45) is 4.99 Å². The smallest absolute Gasteiger partial charge is 0.191 e. The van der Waals surface area contributed by atoms with Gasteiger partial charge in [0.05, 0.1) is 6.54 Å². The molecule has 1 atom stereocenters. The minimum atomic E-state index is 0. The molecule has 0 aliphatic carbocycles. The molecule has 0 amide bonds. The second kappa shape index (κ2) is 10.3. The van der Waals surface area contributed by atoms with Crippen molar-refractivity contribution >= 4 is 29.9 Å². The molecule has 1 aromatic carbocycles. The summed E-state index contributed by atoms with van der Waals surface area (Å²) < 4.78 is 1.90. The monoisotopic (exact) mass is 427 g/mol. The van der Waals surface area contributed by atoms with Crippen molar-refractivity contribution in [2.45, 2.75) is 26.3 Å². The van der Waals surface area contributed by atoms with Gasteiger partial charge in [-0.2, -0.15) is 5.10 Å². The molecular formula is C17H26IN5. The zero-order valence-corrected chi connectivity index (χ0v) is 16.3. The van der Waals surface area contributed by atoms with Gasteiger partial charge in [-0.25, -0.2) is 0 Å². The molecule has 0 fully saturated rings. The molecule has 1 heterocycles. The minimum Gasteiger partial charge on any atom is -0.356 e. The van der Waals surface area contributed by atoms with Crippen LogP contribution in [0.2, 0.25) is 0 Å². The Kier molecular flexibility index (Phi) is 8.68. The molecule has 0 aliphatic rings. The Hall–Kier alpha value is -1.57. The van der Waals surface area contributed by atoms with E-state index in [0.717, 1.165) is 25.6 Å². The predicted molar refractivity (Wildman–Crippen MR) is 107 cm³/mol. The lowest BCUT2D eigenvalue weighted by atomic mass is 9.99. The van der Waals surface area contributed by atoms with E-state index in [9.17, 15) is 0 Å². The molecule has 1 aromatic heterocycles. The van der Waals surface area contributed by atoms with Gasteiger partial charge in [0.2, 0.25) is 0 Å². The topological polar surface area (TPSA) is 54.2 Å². The maximum Gasteiger partial charge on any atom is 0.191 e. The fourth-order valence-electron chi connectivity index (χ4n) is 2.29. The van der Waals surface area contributed by atoms with Crippen molar-refractivity contribution in [1.29, 1.82) is 0 Å². The summed E-state index contributed by atoms with van der Waals surface area (Å²) in [5.41, 5.74) is 2.64. The van der Waals surface area contributed by atoms with Crippen LogP contribution in [0.4, 0.5) is 0 Å². The molecule has 1 unspecified atom stereocenters. The number of hydrogen-bond acceptors (Lipinski definition) is 2. The number of aliphatic imine (C=N–C) groups is 1. The molecule has 0 saturated carbocycles. The lowest BCUT2D eigenvalue weighted by Gasteiger charge is -2.16. The van der Waals surface area contributed by atoms with Crippen LogP contribution in [-0.2, 0) is 6.54 Å². The minimum absolute atomic E-state index is 0. The zero-order valence-electron chi connectivity index (χ0n) is 14.0. The van der Waals surface area contributed by atoms with E-state index in [1.807, 2.05) is 16.9 Å². The summed E-state index contributed by atoms with van der Waals surface area (Å²) >= 11 is 0. The highest BCUT2D eigenvalue weighted by molar-refractivity contribution is 14.0. The van der Waals surface area contributed by atoms with E-state index in [2.05, 4.69) is 58.8 Å². The number of hydrogen-bond donors (Lipinski definition) is 2. The number of aromatic nitrogens is 2. The normalized spacial score (nSPS) is 12.4. The Labute approximate surface area is 155 Å². The Morgan fingerprint density at radius 1 is 1.30 bits per heavy atom. The number of rotatable bonds is 6. The summed E-state index contributed by atoms with van der Waals surface area (Å²) in [6.45, 7) is 6.81. The van der Waals surface area contributed by atoms with Crippen LogP contribution in [0.1, 0.15) is 24.0 Å². The van der Waals surface area contributed by atoms with Crippen LogP contribution in [0.25, 0.3) is 0 Å². The van der Waals surface area contributed by atoms with E-state index in [0.29, 0.717) is 5.92 Å². The van der Waals surface area contributed by atoms with E-state index in [1.165, 1.54) is 11.1 Å². The maximum atomic E-state index is 4.25. The highest BCUT2D eigenvalue weighted by Gasteiger charge is 2.06. The molecular weight excluding hydrogens is 401 g/mol. The quantitative estimate of drug-likeness (QED) is 0.424. The van der Waals surface area contributed by atoms with Gasteiger partial charge in [0.25, 0.3) is 0 Å². The van der Waals surface area contributed by atoms with Crippen LogP contribution in [0.5, 0.6) is 0 Å². The van der Waals surface area contributed by atoms with Crippen LogP contribution < -0.4 is 10.6 Å². The van der Waals surface area contributed by atoms with Gasteiger partial charge in [0, 0.05) is 32.5 Å². The summed E-state index contributed by atoms with van der Waals surface area (Å²) in [6, 6.07) is 10.6. The third-order valence-electron chi connectivity index (χ3n) is 3.60. The van der Waals surface area contributed by atoms with Gasteiger partial charge in [0.1, 0.15) is 0 Å². The van der Waals surface area contributed by atoms with Gasteiger partial charge >= 0.3 is 0 Å². The van der Waals surface area contributed by atoms with E-state index in [4.69, 9.17) is 0 Å². The molecule has 0 radical (unpaired) electrons. The first-order valence-corrected chi connectivity index (χ1v) is 7.67. The molecule has 6 heteroatoms. The standard InChI is InChI=1S/C17H25N5.HI/c1-14-6-4-7-16(12-14)15(2)13-20-17(18-3)19-9-11-22-10-5-8-21-22;/h4-8,10,12,15H,9,11,13H2,1-3H3,(H2,18,19,20);1H. The van der Waals surface area contributed by atoms with Crippen LogP contribution >= 0.6 is 24.0 Å². The van der Waals surface area contributed by atoms with Crippen molar-refractivity contribution in [3.8, 4) is 0 Å². The number of guanidine groups is 1. The molecule has 2 N–H and O–H groups in total. The predicted octanol–water partition coefficient (Wildman–Crippen LogP) is 2.78. The first kappa shape index (κ1) is 19.5. The number of nitrogens with zero attached hydrogens (tertiary/aromatic N) is 3. The Bertz CT molecular complexity index is 595. The summed E-state index contributed by atoms with van der Waals surface area (Å²) in [7, 11) is 1.79. The second-order valence-electron chi connectivity index (χ2n) is 5.46. The van der Waals surface area contributed by atoms with E-state index >= 15 is 0 Å². The third-order valence-corrected chi connectivity index (χ3v) is 3.60.